The van der Waals surface area contributed by atoms with Crippen LogP contribution >= 0.6 is 11.6 Å². The van der Waals surface area contributed by atoms with Crippen LogP contribution in [0, 0.1) is 5.92 Å². The number of halogens is 4. The maximum absolute atomic E-state index is 12.0. The topological polar surface area (TPSA) is 46.6 Å². The summed E-state index contributed by atoms with van der Waals surface area (Å²) in [4.78, 5) is 21.8. The molecule has 0 spiro atoms. The molecule has 1 unspecified atom stereocenters. The molecule has 1 aliphatic heterocycles. The maximum Gasteiger partial charge on any atom is 0.471 e. The highest BCUT2D eigenvalue weighted by molar-refractivity contribution is 6.61. The SMILES string of the molecule is O=C(Cl)OCC1CCN(C(=O)C(F)(F)F)C1. The summed E-state index contributed by atoms with van der Waals surface area (Å²) in [5, 5.41) is 0. The molecule has 1 amide bonds. The molecule has 0 aliphatic carbocycles. The summed E-state index contributed by atoms with van der Waals surface area (Å²) in [6.45, 7) is -0.116. The van der Waals surface area contributed by atoms with E-state index in [0.29, 0.717) is 11.3 Å². The fraction of sp³-hybridized carbons (Fsp3) is 0.750. The molecule has 1 fully saturated rings. The third-order valence-corrected chi connectivity index (χ3v) is 2.36. The monoisotopic (exact) mass is 259 g/mol. The molecule has 0 aromatic heterocycles. The number of ether oxygens (including phenoxy) is 1. The zero-order valence-electron chi connectivity index (χ0n) is 8.09. The lowest BCUT2D eigenvalue weighted by Gasteiger charge is -2.17. The average Bonchev–Trinajstić information content (AvgIpc) is 2.60. The second-order valence-corrected chi connectivity index (χ2v) is 3.76. The first-order valence-corrected chi connectivity index (χ1v) is 4.87. The van der Waals surface area contributed by atoms with E-state index in [9.17, 15) is 22.8 Å². The maximum atomic E-state index is 12.0. The Kier molecular flexibility index (Phi) is 4.01. The van der Waals surface area contributed by atoms with Crippen molar-refractivity contribution >= 4 is 22.9 Å². The second-order valence-electron chi connectivity index (χ2n) is 3.45. The molecule has 0 aromatic rings. The molecule has 92 valence electrons. The molecule has 8 heteroatoms. The van der Waals surface area contributed by atoms with Crippen LogP contribution in [0.2, 0.25) is 0 Å². The van der Waals surface area contributed by atoms with E-state index >= 15 is 0 Å². The van der Waals surface area contributed by atoms with Gasteiger partial charge in [0, 0.05) is 30.6 Å². The van der Waals surface area contributed by atoms with Crippen LogP contribution in [0.1, 0.15) is 6.42 Å². The Hall–Kier alpha value is -0.980. The van der Waals surface area contributed by atoms with Crippen molar-refractivity contribution < 1.29 is 27.5 Å². The van der Waals surface area contributed by atoms with Crippen LogP contribution in [0.3, 0.4) is 0 Å². The van der Waals surface area contributed by atoms with Gasteiger partial charge in [0.2, 0.25) is 0 Å². The van der Waals surface area contributed by atoms with Crippen molar-refractivity contribution in [1.82, 2.24) is 4.90 Å². The molecular formula is C8H9ClF3NO3. The summed E-state index contributed by atoms with van der Waals surface area (Å²) < 4.78 is 40.6. The molecule has 0 saturated carbocycles. The minimum atomic E-state index is -4.85. The first-order chi connectivity index (χ1) is 7.30. The highest BCUT2D eigenvalue weighted by atomic mass is 35.5. The van der Waals surface area contributed by atoms with Crippen LogP contribution in [0.5, 0.6) is 0 Å². The van der Waals surface area contributed by atoms with Gasteiger partial charge in [-0.2, -0.15) is 13.2 Å². The van der Waals surface area contributed by atoms with Gasteiger partial charge in [-0.3, -0.25) is 4.79 Å². The Morgan fingerprint density at radius 1 is 1.44 bits per heavy atom. The fourth-order valence-electron chi connectivity index (χ4n) is 1.52. The standard InChI is InChI=1S/C8H9ClF3NO3/c9-7(15)16-4-5-1-2-13(3-5)6(14)8(10,11)12/h5H,1-4H2. The number of carbonyl (C=O) groups excluding carboxylic acids is 2. The third kappa shape index (κ3) is 3.55. The van der Waals surface area contributed by atoms with E-state index in [0.717, 1.165) is 0 Å². The van der Waals surface area contributed by atoms with Gasteiger partial charge in [-0.15, -0.1) is 0 Å². The first kappa shape index (κ1) is 13.1. The van der Waals surface area contributed by atoms with Crippen LogP contribution < -0.4 is 0 Å². The molecule has 1 rings (SSSR count). The van der Waals surface area contributed by atoms with E-state index in [1.807, 2.05) is 0 Å². The molecule has 1 saturated heterocycles. The van der Waals surface area contributed by atoms with E-state index in [1.54, 1.807) is 0 Å². The fourth-order valence-corrected chi connectivity index (χ4v) is 1.58. The van der Waals surface area contributed by atoms with Gasteiger partial charge >= 0.3 is 17.5 Å². The minimum absolute atomic E-state index is 0.0167. The van der Waals surface area contributed by atoms with E-state index in [4.69, 9.17) is 11.6 Å². The highest BCUT2D eigenvalue weighted by Crippen LogP contribution is 2.24. The summed E-state index contributed by atoms with van der Waals surface area (Å²) in [5.41, 5.74) is -0.999. The van der Waals surface area contributed by atoms with Gasteiger partial charge in [-0.05, 0) is 6.42 Å². The van der Waals surface area contributed by atoms with Gasteiger partial charge in [0.05, 0.1) is 6.61 Å². The summed E-state index contributed by atoms with van der Waals surface area (Å²) in [7, 11) is 0. The third-order valence-electron chi connectivity index (χ3n) is 2.25. The lowest BCUT2D eigenvalue weighted by Crippen LogP contribution is -2.39. The smallest absolute Gasteiger partial charge is 0.453 e. The largest absolute Gasteiger partial charge is 0.471 e. The average molecular weight is 260 g/mol. The predicted octanol–water partition coefficient (Wildman–Crippen LogP) is 1.77. The number of carbonyl (C=O) groups is 2. The van der Waals surface area contributed by atoms with Gasteiger partial charge in [-0.1, -0.05) is 0 Å². The minimum Gasteiger partial charge on any atom is -0.453 e. The van der Waals surface area contributed by atoms with Crippen LogP contribution in [-0.4, -0.2) is 42.1 Å². The van der Waals surface area contributed by atoms with Crippen LogP contribution in [-0.2, 0) is 9.53 Å². The Morgan fingerprint density at radius 2 is 2.06 bits per heavy atom. The van der Waals surface area contributed by atoms with Crippen LogP contribution in [0.15, 0.2) is 0 Å². The van der Waals surface area contributed by atoms with Crippen LogP contribution in [0.4, 0.5) is 18.0 Å². The van der Waals surface area contributed by atoms with Crippen LogP contribution in [0.25, 0.3) is 0 Å². The van der Waals surface area contributed by atoms with Crippen molar-refractivity contribution in [3.63, 3.8) is 0 Å². The predicted molar refractivity (Wildman–Crippen MR) is 47.9 cm³/mol. The van der Waals surface area contributed by atoms with Crippen molar-refractivity contribution in [2.24, 2.45) is 5.92 Å². The Morgan fingerprint density at radius 3 is 2.56 bits per heavy atom. The number of hydrogen-bond acceptors (Lipinski definition) is 3. The molecule has 1 atom stereocenters. The molecule has 1 heterocycles. The number of amides is 1. The Bertz CT molecular complexity index is 295. The zero-order chi connectivity index (χ0) is 12.3. The van der Waals surface area contributed by atoms with E-state index < -0.39 is 17.5 Å². The summed E-state index contributed by atoms with van der Waals surface area (Å²) in [5.74, 6) is -2.14. The normalized spacial score (nSPS) is 21.0. The molecule has 0 N–H and O–H groups in total. The number of rotatable bonds is 2. The van der Waals surface area contributed by atoms with Crippen molar-refractivity contribution in [2.45, 2.75) is 12.6 Å². The van der Waals surface area contributed by atoms with Gasteiger partial charge < -0.3 is 9.64 Å². The van der Waals surface area contributed by atoms with E-state index in [2.05, 4.69) is 4.74 Å². The molecule has 1 aliphatic rings. The van der Waals surface area contributed by atoms with Crippen molar-refractivity contribution in [3.05, 3.63) is 0 Å². The van der Waals surface area contributed by atoms with E-state index in [-0.39, 0.29) is 25.6 Å². The molecular weight excluding hydrogens is 251 g/mol. The number of nitrogens with zero attached hydrogens (tertiary/aromatic N) is 1. The van der Waals surface area contributed by atoms with Crippen molar-refractivity contribution in [3.8, 4) is 0 Å². The van der Waals surface area contributed by atoms with Gasteiger partial charge in [0.15, 0.2) is 0 Å². The van der Waals surface area contributed by atoms with Gasteiger partial charge in [0.25, 0.3) is 0 Å². The van der Waals surface area contributed by atoms with Gasteiger partial charge in [0.1, 0.15) is 0 Å². The van der Waals surface area contributed by atoms with Crippen molar-refractivity contribution in [2.75, 3.05) is 19.7 Å². The molecule has 0 bridgehead atoms. The van der Waals surface area contributed by atoms with Crippen molar-refractivity contribution in [1.29, 1.82) is 0 Å². The Labute approximate surface area is 94.3 Å². The highest BCUT2D eigenvalue weighted by Gasteiger charge is 2.44. The molecule has 0 aromatic carbocycles. The van der Waals surface area contributed by atoms with E-state index in [1.165, 1.54) is 0 Å². The summed E-state index contributed by atoms with van der Waals surface area (Å²) >= 11 is 4.91. The number of hydrogen-bond donors (Lipinski definition) is 0. The molecule has 0 radical (unpaired) electrons. The van der Waals surface area contributed by atoms with Gasteiger partial charge in [-0.25, -0.2) is 4.79 Å². The lowest BCUT2D eigenvalue weighted by molar-refractivity contribution is -0.184. The molecule has 4 nitrogen and oxygen atoms in total. The number of alkyl halides is 3. The number of likely N-dealkylation sites (tertiary alicyclic amines) is 1. The first-order valence-electron chi connectivity index (χ1n) is 4.49. The summed E-state index contributed by atoms with van der Waals surface area (Å²) in [6.07, 6.45) is -4.48. The molecule has 16 heavy (non-hydrogen) atoms. The summed E-state index contributed by atoms with van der Waals surface area (Å²) in [6, 6.07) is 0. The Balaban J connectivity index is 2.41. The lowest BCUT2D eigenvalue weighted by atomic mass is 10.1. The quantitative estimate of drug-likeness (QED) is 0.710. The zero-order valence-corrected chi connectivity index (χ0v) is 8.85. The second kappa shape index (κ2) is 4.90.